The molecule has 7 nitrogen and oxygen atoms in total. The van der Waals surface area contributed by atoms with Crippen molar-refractivity contribution in [3.05, 3.63) is 28.4 Å². The van der Waals surface area contributed by atoms with Crippen LogP contribution in [0, 0.1) is 10.1 Å². The van der Waals surface area contributed by atoms with Gasteiger partial charge < -0.3 is 9.33 Å². The molecule has 2 aromatic rings. The fourth-order valence-corrected chi connectivity index (χ4v) is 4.77. The van der Waals surface area contributed by atoms with Crippen LogP contribution in [0.4, 0.5) is 11.4 Å². The van der Waals surface area contributed by atoms with Crippen molar-refractivity contribution in [2.24, 2.45) is 0 Å². The minimum atomic E-state index is -1.86. The molecule has 1 saturated heterocycles. The quantitative estimate of drug-likeness (QED) is 0.425. The molecule has 2 heterocycles. The molecule has 8 heteroatoms. The van der Waals surface area contributed by atoms with Crippen molar-refractivity contribution in [2.75, 3.05) is 18.0 Å². The second kappa shape index (κ2) is 6.90. The average Bonchev–Trinajstić information content (AvgIpc) is 3.18. The summed E-state index contributed by atoms with van der Waals surface area (Å²) in [5.74, 6) is 0. The van der Waals surface area contributed by atoms with Crippen LogP contribution in [0.1, 0.15) is 34.1 Å². The van der Waals surface area contributed by atoms with Crippen LogP contribution in [0.25, 0.3) is 10.9 Å². The lowest BCUT2D eigenvalue weighted by molar-refractivity contribution is -0.384. The van der Waals surface area contributed by atoms with Crippen LogP contribution in [0.3, 0.4) is 0 Å². The van der Waals surface area contributed by atoms with Gasteiger partial charge in [0, 0.05) is 31.1 Å². The molecule has 1 fully saturated rings. The zero-order valence-corrected chi connectivity index (χ0v) is 18.2. The topological polar surface area (TPSA) is 73.4 Å². The van der Waals surface area contributed by atoms with Crippen LogP contribution in [0.5, 0.6) is 0 Å². The molecule has 0 aliphatic carbocycles. The minimum Gasteiger partial charge on any atom is -0.412 e. The molecule has 0 radical (unpaired) electrons. The lowest BCUT2D eigenvalue weighted by Gasteiger charge is -2.38. The zero-order chi connectivity index (χ0) is 20.0. The van der Waals surface area contributed by atoms with Crippen LogP contribution in [-0.4, -0.2) is 42.2 Å². The lowest BCUT2D eigenvalue weighted by Crippen LogP contribution is -2.44. The molecule has 1 atom stereocenters. The van der Waals surface area contributed by atoms with E-state index in [-0.39, 0.29) is 21.8 Å². The Kier molecular flexibility index (Phi) is 5.07. The van der Waals surface area contributed by atoms with E-state index >= 15 is 0 Å². The number of benzene rings is 1. The highest BCUT2D eigenvalue weighted by molar-refractivity contribution is 6.74. The van der Waals surface area contributed by atoms with Gasteiger partial charge in [0.15, 0.2) is 8.32 Å². The van der Waals surface area contributed by atoms with E-state index in [0.717, 1.165) is 23.9 Å². The van der Waals surface area contributed by atoms with Gasteiger partial charge in [0.2, 0.25) is 0 Å². The van der Waals surface area contributed by atoms with Crippen LogP contribution in [0.2, 0.25) is 18.1 Å². The van der Waals surface area contributed by atoms with Crippen molar-refractivity contribution in [1.29, 1.82) is 0 Å². The molecule has 1 aromatic carbocycles. The fourth-order valence-electron chi connectivity index (χ4n) is 3.39. The summed E-state index contributed by atoms with van der Waals surface area (Å²) in [5.41, 5.74) is 1.62. The second-order valence-corrected chi connectivity index (χ2v) is 13.6. The molecule has 148 valence electrons. The van der Waals surface area contributed by atoms with Gasteiger partial charge in [0.1, 0.15) is 5.69 Å². The number of fused-ring (bicyclic) bond motifs is 1. The van der Waals surface area contributed by atoms with E-state index in [1.807, 2.05) is 13.0 Å². The van der Waals surface area contributed by atoms with E-state index in [9.17, 15) is 10.1 Å². The van der Waals surface area contributed by atoms with Gasteiger partial charge in [-0.15, -0.1) is 0 Å². The molecular formula is C19H30N4O3Si. The number of nitrogens with zero attached hydrogens (tertiary/aromatic N) is 4. The van der Waals surface area contributed by atoms with Crippen molar-refractivity contribution in [3.8, 4) is 0 Å². The summed E-state index contributed by atoms with van der Waals surface area (Å²) in [4.78, 5) is 13.5. The van der Waals surface area contributed by atoms with E-state index in [1.54, 1.807) is 16.9 Å². The number of aromatic nitrogens is 2. The predicted octanol–water partition coefficient (Wildman–Crippen LogP) is 4.56. The number of nitro benzene ring substituents is 1. The third-order valence-corrected chi connectivity index (χ3v) is 10.5. The SMILES string of the molecule is CCn1ncc2cc(N3CC[C@H](O[Si](C)(C)C(C)(C)C)C3)c([N+](=O)[O-])cc21. The highest BCUT2D eigenvalue weighted by Gasteiger charge is 2.41. The van der Waals surface area contributed by atoms with E-state index in [4.69, 9.17) is 4.43 Å². The summed E-state index contributed by atoms with van der Waals surface area (Å²) in [7, 11) is -1.86. The van der Waals surface area contributed by atoms with Crippen molar-refractivity contribution >= 4 is 30.6 Å². The number of anilines is 1. The number of hydrogen-bond donors (Lipinski definition) is 0. The summed E-state index contributed by atoms with van der Waals surface area (Å²) < 4.78 is 8.33. The maximum absolute atomic E-state index is 11.7. The average molecular weight is 391 g/mol. The van der Waals surface area contributed by atoms with Crippen molar-refractivity contribution in [1.82, 2.24) is 9.78 Å². The Bertz CT molecular complexity index is 856. The Hall–Kier alpha value is -1.93. The molecule has 3 rings (SSSR count). The molecule has 0 amide bonds. The summed E-state index contributed by atoms with van der Waals surface area (Å²) in [6, 6.07) is 3.56. The fraction of sp³-hybridized carbons (Fsp3) is 0.632. The Morgan fingerprint density at radius 2 is 2.07 bits per heavy atom. The summed E-state index contributed by atoms with van der Waals surface area (Å²) >= 11 is 0. The first-order chi connectivity index (χ1) is 12.5. The molecule has 0 unspecified atom stereocenters. The van der Waals surface area contributed by atoms with Gasteiger partial charge in [0.05, 0.1) is 22.7 Å². The van der Waals surface area contributed by atoms with Crippen LogP contribution >= 0.6 is 0 Å². The molecule has 1 aliphatic heterocycles. The molecule has 0 spiro atoms. The molecule has 0 bridgehead atoms. The number of rotatable bonds is 5. The maximum Gasteiger partial charge on any atom is 0.294 e. The molecule has 27 heavy (non-hydrogen) atoms. The van der Waals surface area contributed by atoms with Crippen molar-refractivity contribution in [2.45, 2.75) is 64.9 Å². The van der Waals surface area contributed by atoms with Gasteiger partial charge in [-0.2, -0.15) is 5.10 Å². The first-order valence-corrected chi connectivity index (χ1v) is 12.5. The molecular weight excluding hydrogens is 360 g/mol. The Morgan fingerprint density at radius 1 is 1.37 bits per heavy atom. The first-order valence-electron chi connectivity index (χ1n) is 9.60. The number of aryl methyl sites for hydroxylation is 1. The van der Waals surface area contributed by atoms with E-state index < -0.39 is 8.32 Å². The molecule has 0 saturated carbocycles. The summed E-state index contributed by atoms with van der Waals surface area (Å²) in [6.07, 6.45) is 2.81. The second-order valence-electron chi connectivity index (χ2n) is 8.85. The van der Waals surface area contributed by atoms with Gasteiger partial charge in [-0.05, 0) is 37.5 Å². The summed E-state index contributed by atoms with van der Waals surface area (Å²) in [5, 5.41) is 17.1. The van der Waals surface area contributed by atoms with Gasteiger partial charge in [-0.3, -0.25) is 14.8 Å². The van der Waals surface area contributed by atoms with Crippen LogP contribution in [-0.2, 0) is 11.0 Å². The maximum atomic E-state index is 11.7. The minimum absolute atomic E-state index is 0.125. The smallest absolute Gasteiger partial charge is 0.294 e. The van der Waals surface area contributed by atoms with Gasteiger partial charge in [0.25, 0.3) is 5.69 Å². The van der Waals surface area contributed by atoms with Crippen molar-refractivity contribution < 1.29 is 9.35 Å². The Balaban J connectivity index is 1.88. The van der Waals surface area contributed by atoms with Gasteiger partial charge in [-0.1, -0.05) is 20.8 Å². The van der Waals surface area contributed by atoms with E-state index in [1.165, 1.54) is 0 Å². The zero-order valence-electron chi connectivity index (χ0n) is 17.2. The molecule has 1 aromatic heterocycles. The van der Waals surface area contributed by atoms with Gasteiger partial charge >= 0.3 is 0 Å². The van der Waals surface area contributed by atoms with E-state index in [0.29, 0.717) is 18.8 Å². The van der Waals surface area contributed by atoms with Crippen LogP contribution < -0.4 is 4.90 Å². The number of hydrogen-bond acceptors (Lipinski definition) is 5. The van der Waals surface area contributed by atoms with Crippen LogP contribution in [0.15, 0.2) is 18.3 Å². The summed E-state index contributed by atoms with van der Waals surface area (Å²) in [6.45, 7) is 15.3. The lowest BCUT2D eigenvalue weighted by atomic mass is 10.2. The standard InChI is InChI=1S/C19H30N4O3Si/c1-7-22-16-11-18(23(24)25)17(10-14(16)12-20-22)21-9-8-15(13-21)26-27(5,6)19(2,3)4/h10-12,15H,7-9,13H2,1-6H3/t15-/m0/s1. The largest absolute Gasteiger partial charge is 0.412 e. The van der Waals surface area contributed by atoms with Crippen molar-refractivity contribution in [3.63, 3.8) is 0 Å². The Morgan fingerprint density at radius 3 is 2.67 bits per heavy atom. The third kappa shape index (κ3) is 3.73. The highest BCUT2D eigenvalue weighted by atomic mass is 28.4. The highest BCUT2D eigenvalue weighted by Crippen LogP contribution is 2.40. The Labute approximate surface area is 161 Å². The third-order valence-electron chi connectivity index (χ3n) is 5.99. The number of nitro groups is 1. The van der Waals surface area contributed by atoms with Gasteiger partial charge in [-0.25, -0.2) is 0 Å². The molecule has 1 aliphatic rings. The first kappa shape index (κ1) is 19.8. The van der Waals surface area contributed by atoms with E-state index in [2.05, 4.69) is 43.9 Å². The molecule has 0 N–H and O–H groups in total. The normalized spacial score (nSPS) is 18.4. The predicted molar refractivity (Wildman–Crippen MR) is 111 cm³/mol. The monoisotopic (exact) mass is 390 g/mol.